The second-order valence-corrected chi connectivity index (χ2v) is 6.49. The number of benzene rings is 1. The minimum Gasteiger partial charge on any atom is -0.399 e. The van der Waals surface area contributed by atoms with Gasteiger partial charge in [-0.3, -0.25) is 9.00 Å². The van der Waals surface area contributed by atoms with Gasteiger partial charge in [0.2, 0.25) is 0 Å². The standard InChI is InChI=1S/C13H17FN2O2S/c1-8-6-9(15)7-11(12(8)14)13(17)16-10-2-4-19(18)5-3-10/h6-7,10H,2-5,15H2,1H3,(H,16,17). The van der Waals surface area contributed by atoms with E-state index < -0.39 is 22.5 Å². The molecule has 0 unspecified atom stereocenters. The molecule has 1 aromatic rings. The summed E-state index contributed by atoms with van der Waals surface area (Å²) in [5, 5.41) is 2.78. The number of aryl methyl sites for hydroxylation is 1. The van der Waals surface area contributed by atoms with Gasteiger partial charge in [0.1, 0.15) is 5.82 Å². The van der Waals surface area contributed by atoms with Crippen molar-refractivity contribution in [2.24, 2.45) is 0 Å². The van der Waals surface area contributed by atoms with E-state index in [4.69, 9.17) is 5.73 Å². The molecular weight excluding hydrogens is 267 g/mol. The highest BCUT2D eigenvalue weighted by Gasteiger charge is 2.22. The van der Waals surface area contributed by atoms with Crippen LogP contribution >= 0.6 is 0 Å². The highest BCUT2D eigenvalue weighted by atomic mass is 32.2. The third kappa shape index (κ3) is 3.32. The summed E-state index contributed by atoms with van der Waals surface area (Å²) in [6.07, 6.45) is 1.34. The van der Waals surface area contributed by atoms with Gasteiger partial charge in [-0.1, -0.05) is 0 Å². The van der Waals surface area contributed by atoms with Crippen LogP contribution in [0.5, 0.6) is 0 Å². The number of amides is 1. The van der Waals surface area contributed by atoms with Gasteiger partial charge in [0.15, 0.2) is 0 Å². The molecule has 3 N–H and O–H groups in total. The third-order valence-corrected chi connectivity index (χ3v) is 4.63. The van der Waals surface area contributed by atoms with Crippen LogP contribution in [0.3, 0.4) is 0 Å². The third-order valence-electron chi connectivity index (χ3n) is 3.24. The molecule has 1 aliphatic rings. The van der Waals surface area contributed by atoms with Gasteiger partial charge >= 0.3 is 0 Å². The largest absolute Gasteiger partial charge is 0.399 e. The molecule has 1 fully saturated rings. The monoisotopic (exact) mass is 284 g/mol. The van der Waals surface area contributed by atoms with E-state index in [1.165, 1.54) is 12.1 Å². The first-order valence-electron chi connectivity index (χ1n) is 6.19. The molecule has 0 spiro atoms. The van der Waals surface area contributed by atoms with Gasteiger partial charge in [-0.2, -0.15) is 0 Å². The fraction of sp³-hybridized carbons (Fsp3) is 0.462. The average Bonchev–Trinajstić information content (AvgIpc) is 2.36. The van der Waals surface area contributed by atoms with Crippen molar-refractivity contribution >= 4 is 22.4 Å². The van der Waals surface area contributed by atoms with Crippen LogP contribution in [0.25, 0.3) is 0 Å². The normalized spacial score (nSPS) is 23.1. The number of nitrogens with two attached hydrogens (primary N) is 1. The van der Waals surface area contributed by atoms with Crippen LogP contribution in [0.1, 0.15) is 28.8 Å². The van der Waals surface area contributed by atoms with Crippen LogP contribution in [0.2, 0.25) is 0 Å². The van der Waals surface area contributed by atoms with E-state index in [0.717, 1.165) is 0 Å². The van der Waals surface area contributed by atoms with E-state index in [-0.39, 0.29) is 11.6 Å². The van der Waals surface area contributed by atoms with Crippen molar-refractivity contribution in [3.63, 3.8) is 0 Å². The molecule has 1 heterocycles. The molecule has 2 rings (SSSR count). The van der Waals surface area contributed by atoms with Gasteiger partial charge in [0, 0.05) is 34.0 Å². The van der Waals surface area contributed by atoms with Crippen LogP contribution in [0.15, 0.2) is 12.1 Å². The molecule has 0 saturated carbocycles. The zero-order valence-electron chi connectivity index (χ0n) is 10.7. The zero-order chi connectivity index (χ0) is 14.0. The second kappa shape index (κ2) is 5.69. The molecule has 0 aromatic heterocycles. The number of carbonyl (C=O) groups excluding carboxylic acids is 1. The topological polar surface area (TPSA) is 72.2 Å². The quantitative estimate of drug-likeness (QED) is 0.805. The van der Waals surface area contributed by atoms with E-state index >= 15 is 0 Å². The first-order chi connectivity index (χ1) is 8.97. The van der Waals surface area contributed by atoms with E-state index in [0.29, 0.717) is 35.6 Å². The van der Waals surface area contributed by atoms with Crippen molar-refractivity contribution in [2.45, 2.75) is 25.8 Å². The predicted molar refractivity (Wildman–Crippen MR) is 73.9 cm³/mol. The minimum absolute atomic E-state index is 0.0239. The van der Waals surface area contributed by atoms with E-state index in [1.807, 2.05) is 0 Å². The lowest BCUT2D eigenvalue weighted by molar-refractivity contribution is 0.0930. The Morgan fingerprint density at radius 2 is 2.05 bits per heavy atom. The lowest BCUT2D eigenvalue weighted by Crippen LogP contribution is -2.40. The fourth-order valence-corrected chi connectivity index (χ4v) is 3.46. The van der Waals surface area contributed by atoms with E-state index in [2.05, 4.69) is 5.32 Å². The van der Waals surface area contributed by atoms with Crippen LogP contribution in [-0.4, -0.2) is 27.7 Å². The maximum absolute atomic E-state index is 13.9. The van der Waals surface area contributed by atoms with Gasteiger partial charge in [-0.25, -0.2) is 4.39 Å². The number of nitrogen functional groups attached to an aromatic ring is 1. The van der Waals surface area contributed by atoms with Crippen LogP contribution < -0.4 is 11.1 Å². The van der Waals surface area contributed by atoms with Crippen molar-refractivity contribution in [2.75, 3.05) is 17.2 Å². The Balaban J connectivity index is 2.10. The number of anilines is 1. The van der Waals surface area contributed by atoms with Crippen LogP contribution in [-0.2, 0) is 10.8 Å². The lowest BCUT2D eigenvalue weighted by atomic mass is 10.1. The van der Waals surface area contributed by atoms with Crippen molar-refractivity contribution in [3.8, 4) is 0 Å². The maximum atomic E-state index is 13.9. The summed E-state index contributed by atoms with van der Waals surface area (Å²) < 4.78 is 25.1. The summed E-state index contributed by atoms with van der Waals surface area (Å²) >= 11 is 0. The SMILES string of the molecule is Cc1cc(N)cc(C(=O)NC2CCS(=O)CC2)c1F. The molecule has 0 aliphatic carbocycles. The van der Waals surface area contributed by atoms with Gasteiger partial charge in [-0.05, 0) is 37.5 Å². The average molecular weight is 284 g/mol. The Morgan fingerprint density at radius 3 is 2.68 bits per heavy atom. The number of halogens is 1. The summed E-state index contributed by atoms with van der Waals surface area (Å²) in [6.45, 7) is 1.58. The lowest BCUT2D eigenvalue weighted by Gasteiger charge is -2.22. The smallest absolute Gasteiger partial charge is 0.254 e. The molecule has 1 saturated heterocycles. The molecule has 19 heavy (non-hydrogen) atoms. The summed E-state index contributed by atoms with van der Waals surface area (Å²) in [6, 6.07) is 2.81. The fourth-order valence-electron chi connectivity index (χ4n) is 2.16. The number of nitrogens with one attached hydrogen (secondary N) is 1. The van der Waals surface area contributed by atoms with Gasteiger partial charge in [0.05, 0.1) is 5.56 Å². The summed E-state index contributed by atoms with van der Waals surface area (Å²) in [5.74, 6) is 0.184. The number of hydrogen-bond acceptors (Lipinski definition) is 3. The Kier molecular flexibility index (Phi) is 4.19. The molecule has 4 nitrogen and oxygen atoms in total. The van der Waals surface area contributed by atoms with E-state index in [9.17, 15) is 13.4 Å². The molecule has 0 radical (unpaired) electrons. The first kappa shape index (κ1) is 14.0. The van der Waals surface area contributed by atoms with Crippen molar-refractivity contribution < 1.29 is 13.4 Å². The Morgan fingerprint density at radius 1 is 1.42 bits per heavy atom. The zero-order valence-corrected chi connectivity index (χ0v) is 11.6. The van der Waals surface area contributed by atoms with Gasteiger partial charge in [-0.15, -0.1) is 0 Å². The highest BCUT2D eigenvalue weighted by Crippen LogP contribution is 2.18. The summed E-state index contributed by atoms with van der Waals surface area (Å²) in [5.41, 5.74) is 6.33. The Bertz CT molecular complexity index is 524. The molecule has 1 aromatic carbocycles. The summed E-state index contributed by atoms with van der Waals surface area (Å²) in [7, 11) is -0.777. The predicted octanol–water partition coefficient (Wildman–Crippen LogP) is 1.36. The maximum Gasteiger partial charge on any atom is 0.254 e. The number of rotatable bonds is 2. The highest BCUT2D eigenvalue weighted by molar-refractivity contribution is 7.85. The van der Waals surface area contributed by atoms with Gasteiger partial charge in [0.25, 0.3) is 5.91 Å². The molecule has 104 valence electrons. The van der Waals surface area contributed by atoms with Crippen LogP contribution in [0, 0.1) is 12.7 Å². The molecule has 6 heteroatoms. The summed E-state index contributed by atoms with van der Waals surface area (Å²) in [4.78, 5) is 12.0. The first-order valence-corrected chi connectivity index (χ1v) is 7.67. The number of hydrogen-bond donors (Lipinski definition) is 2. The van der Waals surface area contributed by atoms with Gasteiger partial charge < -0.3 is 11.1 Å². The number of carbonyl (C=O) groups is 1. The second-order valence-electron chi connectivity index (χ2n) is 4.80. The molecule has 1 amide bonds. The van der Waals surface area contributed by atoms with Crippen LogP contribution in [0.4, 0.5) is 10.1 Å². The van der Waals surface area contributed by atoms with Crippen molar-refractivity contribution in [1.29, 1.82) is 0 Å². The van der Waals surface area contributed by atoms with Crippen molar-refractivity contribution in [3.05, 3.63) is 29.1 Å². The molecule has 0 atom stereocenters. The van der Waals surface area contributed by atoms with Crippen molar-refractivity contribution in [1.82, 2.24) is 5.32 Å². The molecule has 1 aliphatic heterocycles. The molecule has 0 bridgehead atoms. The van der Waals surface area contributed by atoms with E-state index in [1.54, 1.807) is 6.92 Å². The Labute approximate surface area is 114 Å². The Hall–Kier alpha value is -1.43. The molecular formula is C13H17FN2O2S. The minimum atomic E-state index is -0.777.